The summed E-state index contributed by atoms with van der Waals surface area (Å²) in [4.78, 5) is 0. The Labute approximate surface area is 114 Å². The smallest absolute Gasteiger partial charge is 0.00418 e. The fourth-order valence-electron chi connectivity index (χ4n) is 2.20. The van der Waals surface area contributed by atoms with E-state index in [0.29, 0.717) is 0 Å². The van der Waals surface area contributed by atoms with Crippen molar-refractivity contribution in [3.63, 3.8) is 0 Å². The molecule has 0 amide bonds. The van der Waals surface area contributed by atoms with Crippen molar-refractivity contribution in [2.75, 3.05) is 11.5 Å². The average molecular weight is 259 g/mol. The highest BCUT2D eigenvalue weighted by atomic mass is 32.2. The number of hydrogen-bond acceptors (Lipinski definition) is 1. The maximum atomic E-state index is 2.39. The van der Waals surface area contributed by atoms with Crippen LogP contribution in [0.5, 0.6) is 0 Å². The summed E-state index contributed by atoms with van der Waals surface area (Å²) in [5, 5.41) is 0. The third-order valence-electron chi connectivity index (χ3n) is 3.33. The van der Waals surface area contributed by atoms with E-state index < -0.39 is 0 Å². The first-order valence-electron chi connectivity index (χ1n) is 7.89. The summed E-state index contributed by atoms with van der Waals surface area (Å²) in [5.74, 6) is 3.70. The van der Waals surface area contributed by atoms with Crippen LogP contribution >= 0.6 is 11.8 Å². The Morgan fingerprint density at radius 3 is 1.94 bits per heavy atom. The first-order valence-corrected chi connectivity index (χ1v) is 9.04. The number of unbranched alkanes of at least 4 members (excludes halogenated alkanes) is 7. The van der Waals surface area contributed by atoms with Crippen LogP contribution in [0.1, 0.15) is 85.0 Å². The zero-order valence-electron chi connectivity index (χ0n) is 12.5. The molecule has 0 aliphatic rings. The highest BCUT2D eigenvalue weighted by Gasteiger charge is 2.00. The maximum absolute atomic E-state index is 2.39. The van der Waals surface area contributed by atoms with Crippen LogP contribution in [0.4, 0.5) is 0 Å². The van der Waals surface area contributed by atoms with Crippen LogP contribution in [0.25, 0.3) is 0 Å². The van der Waals surface area contributed by atoms with Crippen molar-refractivity contribution in [1.82, 2.24) is 0 Å². The topological polar surface area (TPSA) is 0 Å². The summed E-state index contributed by atoms with van der Waals surface area (Å²) >= 11 is 2.17. The molecule has 0 saturated carbocycles. The van der Waals surface area contributed by atoms with Crippen LogP contribution in [0.2, 0.25) is 0 Å². The molecule has 1 unspecified atom stereocenters. The number of hydrogen-bond donors (Lipinski definition) is 0. The summed E-state index contributed by atoms with van der Waals surface area (Å²) in [6.45, 7) is 6.97. The molecule has 0 aromatic carbocycles. The van der Waals surface area contributed by atoms with E-state index in [0.717, 1.165) is 5.92 Å². The van der Waals surface area contributed by atoms with E-state index in [4.69, 9.17) is 0 Å². The molecule has 0 aromatic rings. The molecule has 0 saturated heterocycles. The van der Waals surface area contributed by atoms with Gasteiger partial charge in [-0.15, -0.1) is 0 Å². The van der Waals surface area contributed by atoms with Gasteiger partial charge < -0.3 is 0 Å². The molecule has 0 radical (unpaired) electrons. The van der Waals surface area contributed by atoms with E-state index in [9.17, 15) is 0 Å². The van der Waals surface area contributed by atoms with Gasteiger partial charge in [0.25, 0.3) is 0 Å². The van der Waals surface area contributed by atoms with Gasteiger partial charge in [-0.1, -0.05) is 78.6 Å². The minimum atomic E-state index is 0.930. The second-order valence-electron chi connectivity index (χ2n) is 5.44. The van der Waals surface area contributed by atoms with Crippen LogP contribution < -0.4 is 0 Å². The Morgan fingerprint density at radius 2 is 1.35 bits per heavy atom. The molecule has 1 atom stereocenters. The minimum absolute atomic E-state index is 0.930. The van der Waals surface area contributed by atoms with Crippen molar-refractivity contribution in [3.05, 3.63) is 0 Å². The molecule has 0 nitrogen and oxygen atoms in total. The van der Waals surface area contributed by atoms with Crippen molar-refractivity contribution in [2.45, 2.75) is 85.0 Å². The minimum Gasteiger partial charge on any atom is -0.162 e. The summed E-state index contributed by atoms with van der Waals surface area (Å²) in [6, 6.07) is 0. The molecular formula is C16H34S. The summed E-state index contributed by atoms with van der Waals surface area (Å²) in [7, 11) is 0. The molecule has 0 N–H and O–H groups in total. The van der Waals surface area contributed by atoms with Crippen molar-refractivity contribution < 1.29 is 0 Å². The van der Waals surface area contributed by atoms with Crippen molar-refractivity contribution in [2.24, 2.45) is 5.92 Å². The van der Waals surface area contributed by atoms with E-state index in [-0.39, 0.29) is 0 Å². The van der Waals surface area contributed by atoms with Gasteiger partial charge in [-0.25, -0.2) is 0 Å². The van der Waals surface area contributed by atoms with Crippen molar-refractivity contribution in [3.8, 4) is 0 Å². The Balaban J connectivity index is 2.98. The average Bonchev–Trinajstić information content (AvgIpc) is 2.32. The lowest BCUT2D eigenvalue weighted by Gasteiger charge is -2.09. The molecule has 104 valence electrons. The van der Waals surface area contributed by atoms with Gasteiger partial charge in [-0.05, 0) is 23.8 Å². The van der Waals surface area contributed by atoms with Gasteiger partial charge in [0, 0.05) is 0 Å². The fraction of sp³-hybridized carbons (Fsp3) is 1.00. The van der Waals surface area contributed by atoms with Gasteiger partial charge in [0.1, 0.15) is 0 Å². The van der Waals surface area contributed by atoms with Crippen molar-refractivity contribution >= 4 is 11.8 Å². The van der Waals surface area contributed by atoms with Gasteiger partial charge in [-0.2, -0.15) is 11.8 Å². The molecule has 0 aliphatic heterocycles. The molecule has 0 bridgehead atoms. The molecule has 0 spiro atoms. The molecular weight excluding hydrogens is 224 g/mol. The van der Waals surface area contributed by atoms with Gasteiger partial charge in [0.15, 0.2) is 0 Å². The lowest BCUT2D eigenvalue weighted by molar-refractivity contribution is 0.581. The number of thioether (sulfide) groups is 1. The van der Waals surface area contributed by atoms with Crippen LogP contribution in [0.3, 0.4) is 0 Å². The van der Waals surface area contributed by atoms with E-state index >= 15 is 0 Å². The van der Waals surface area contributed by atoms with E-state index in [1.54, 1.807) is 0 Å². The highest BCUT2D eigenvalue weighted by Crippen LogP contribution is 2.16. The van der Waals surface area contributed by atoms with Crippen molar-refractivity contribution in [1.29, 1.82) is 0 Å². The monoisotopic (exact) mass is 258 g/mol. The lowest BCUT2D eigenvalue weighted by Crippen LogP contribution is -1.98. The summed E-state index contributed by atoms with van der Waals surface area (Å²) in [6.07, 6.45) is 14.3. The van der Waals surface area contributed by atoms with Crippen LogP contribution in [0.15, 0.2) is 0 Å². The first-order chi connectivity index (χ1) is 8.31. The predicted octanol–water partition coefficient (Wildman–Crippen LogP) is 6.30. The van der Waals surface area contributed by atoms with Gasteiger partial charge in [-0.3, -0.25) is 0 Å². The molecule has 0 aromatic heterocycles. The zero-order chi connectivity index (χ0) is 12.8. The van der Waals surface area contributed by atoms with Gasteiger partial charge >= 0.3 is 0 Å². The molecule has 0 rings (SSSR count). The second kappa shape index (κ2) is 14.4. The third kappa shape index (κ3) is 14.3. The Hall–Kier alpha value is 0.350. The fourth-order valence-corrected chi connectivity index (χ4v) is 3.34. The normalized spacial score (nSPS) is 12.9. The summed E-state index contributed by atoms with van der Waals surface area (Å²) < 4.78 is 0. The van der Waals surface area contributed by atoms with E-state index in [2.05, 4.69) is 32.5 Å². The standard InChI is InChI=1S/C16H34S/c1-4-6-7-8-9-10-11-12-14-17-15-16(3)13-5-2/h16H,4-15H2,1-3H3. The Bertz CT molecular complexity index is 133. The zero-order valence-corrected chi connectivity index (χ0v) is 13.3. The van der Waals surface area contributed by atoms with E-state index in [1.165, 1.54) is 75.7 Å². The van der Waals surface area contributed by atoms with Crippen LogP contribution in [0, 0.1) is 5.92 Å². The molecule has 0 aliphatic carbocycles. The maximum Gasteiger partial charge on any atom is -0.00418 e. The predicted molar refractivity (Wildman–Crippen MR) is 84.0 cm³/mol. The number of rotatable bonds is 13. The summed E-state index contributed by atoms with van der Waals surface area (Å²) in [5.41, 5.74) is 0. The Morgan fingerprint density at radius 1 is 0.765 bits per heavy atom. The largest absolute Gasteiger partial charge is 0.162 e. The van der Waals surface area contributed by atoms with E-state index in [1.807, 2.05) is 0 Å². The molecule has 1 heteroatoms. The first kappa shape index (κ1) is 17.4. The SMILES string of the molecule is CCCCCCCCCCSCC(C)CCC. The third-order valence-corrected chi connectivity index (χ3v) is 4.71. The Kier molecular flexibility index (Phi) is 14.7. The molecule has 17 heavy (non-hydrogen) atoms. The van der Waals surface area contributed by atoms with Crippen LogP contribution in [-0.4, -0.2) is 11.5 Å². The van der Waals surface area contributed by atoms with Crippen LogP contribution in [-0.2, 0) is 0 Å². The highest BCUT2D eigenvalue weighted by molar-refractivity contribution is 7.99. The second-order valence-corrected chi connectivity index (χ2v) is 6.59. The quantitative estimate of drug-likeness (QED) is 0.349. The molecule has 0 fully saturated rings. The lowest BCUT2D eigenvalue weighted by atomic mass is 10.1. The van der Waals surface area contributed by atoms with Gasteiger partial charge in [0.05, 0.1) is 0 Å². The van der Waals surface area contributed by atoms with Gasteiger partial charge in [0.2, 0.25) is 0 Å². The molecule has 0 heterocycles.